The number of aliphatic hydroxyl groups excluding tert-OH is 1. The smallest absolute Gasteiger partial charge is 0.319 e. The number of nitrogens with zero attached hydrogens (tertiary/aromatic N) is 2. The quantitative estimate of drug-likeness (QED) is 0.425. The van der Waals surface area contributed by atoms with Crippen LogP contribution in [0.3, 0.4) is 0 Å². The Labute approximate surface area is 210 Å². The largest absolute Gasteiger partial charge is 0.497 e. The summed E-state index contributed by atoms with van der Waals surface area (Å²) in [6.45, 7) is 1.04. The van der Waals surface area contributed by atoms with Gasteiger partial charge in [-0.1, -0.05) is 36.4 Å². The minimum Gasteiger partial charge on any atom is -0.497 e. The van der Waals surface area contributed by atoms with Gasteiger partial charge in [0.25, 0.3) is 0 Å². The van der Waals surface area contributed by atoms with Crippen LogP contribution in [0.4, 0.5) is 21.9 Å². The Morgan fingerprint density at radius 1 is 0.917 bits per heavy atom. The van der Waals surface area contributed by atoms with Crippen LogP contribution in [0.5, 0.6) is 5.75 Å². The lowest BCUT2D eigenvalue weighted by Crippen LogP contribution is -2.46. The summed E-state index contributed by atoms with van der Waals surface area (Å²) in [6, 6.07) is 22.1. The molecule has 0 saturated carbocycles. The number of methoxy groups -OCH3 is 1. The van der Waals surface area contributed by atoms with E-state index in [0.29, 0.717) is 28.4 Å². The van der Waals surface area contributed by atoms with Gasteiger partial charge in [-0.15, -0.1) is 0 Å². The number of urea groups is 1. The predicted molar refractivity (Wildman–Crippen MR) is 139 cm³/mol. The predicted octanol–water partition coefficient (Wildman–Crippen LogP) is 3.57. The lowest BCUT2D eigenvalue weighted by atomic mass is 10.1. The number of hydrogen-bond donors (Lipinski definition) is 3. The maximum atomic E-state index is 13.2. The van der Waals surface area contributed by atoms with Gasteiger partial charge in [-0.3, -0.25) is 9.59 Å². The number of likely N-dealkylation sites (N-methyl/N-ethyl adjacent to an activating group) is 1. The topological polar surface area (TPSA) is 111 Å². The summed E-state index contributed by atoms with van der Waals surface area (Å²) in [5.74, 6) is -0.263. The summed E-state index contributed by atoms with van der Waals surface area (Å²) >= 11 is 0. The van der Waals surface area contributed by atoms with Crippen molar-refractivity contribution >= 4 is 34.9 Å². The molecule has 4 amide bonds. The lowest BCUT2D eigenvalue weighted by Gasteiger charge is -2.26. The minimum atomic E-state index is -0.681. The SMILES string of the molecule is COc1cccc(N(CC(=O)N(C)c2ccccc2)C(=O)CNC(=O)Nc2cccc(C(C)O)c2)c1. The van der Waals surface area contributed by atoms with Crippen LogP contribution in [0.2, 0.25) is 0 Å². The minimum absolute atomic E-state index is 0.239. The van der Waals surface area contributed by atoms with E-state index in [1.165, 1.54) is 16.9 Å². The van der Waals surface area contributed by atoms with Crippen LogP contribution in [0.25, 0.3) is 0 Å². The number of aliphatic hydroxyl groups is 1. The molecule has 0 radical (unpaired) electrons. The fourth-order valence-corrected chi connectivity index (χ4v) is 3.44. The summed E-state index contributed by atoms with van der Waals surface area (Å²) in [5.41, 5.74) is 2.27. The number of rotatable bonds is 9. The highest BCUT2D eigenvalue weighted by Gasteiger charge is 2.23. The van der Waals surface area contributed by atoms with Crippen LogP contribution in [-0.4, -0.2) is 50.2 Å². The second-order valence-electron chi connectivity index (χ2n) is 8.08. The molecule has 0 saturated heterocycles. The monoisotopic (exact) mass is 490 g/mol. The molecule has 0 fully saturated rings. The van der Waals surface area contributed by atoms with Crippen LogP contribution < -0.4 is 25.2 Å². The van der Waals surface area contributed by atoms with Gasteiger partial charge < -0.3 is 30.3 Å². The van der Waals surface area contributed by atoms with Gasteiger partial charge in [0.15, 0.2) is 0 Å². The maximum Gasteiger partial charge on any atom is 0.319 e. The Morgan fingerprint density at radius 3 is 2.31 bits per heavy atom. The second-order valence-corrected chi connectivity index (χ2v) is 8.08. The summed E-state index contributed by atoms with van der Waals surface area (Å²) in [4.78, 5) is 41.4. The third-order valence-electron chi connectivity index (χ3n) is 5.50. The summed E-state index contributed by atoms with van der Waals surface area (Å²) < 4.78 is 5.27. The van der Waals surface area contributed by atoms with E-state index in [0.717, 1.165) is 0 Å². The number of hydrogen-bond acceptors (Lipinski definition) is 5. The van der Waals surface area contributed by atoms with Crippen molar-refractivity contribution in [3.05, 3.63) is 84.4 Å². The molecule has 9 nitrogen and oxygen atoms in total. The van der Waals surface area contributed by atoms with Crippen molar-refractivity contribution in [2.45, 2.75) is 13.0 Å². The van der Waals surface area contributed by atoms with Gasteiger partial charge in [-0.2, -0.15) is 0 Å². The molecule has 1 atom stereocenters. The Bertz CT molecular complexity index is 1200. The molecule has 0 aliphatic rings. The Morgan fingerprint density at radius 2 is 1.61 bits per heavy atom. The summed E-state index contributed by atoms with van der Waals surface area (Å²) in [5, 5.41) is 14.9. The molecule has 188 valence electrons. The zero-order chi connectivity index (χ0) is 26.1. The van der Waals surface area contributed by atoms with Crippen molar-refractivity contribution in [3.63, 3.8) is 0 Å². The van der Waals surface area contributed by atoms with Crippen LogP contribution in [-0.2, 0) is 9.59 Å². The van der Waals surface area contributed by atoms with Gasteiger partial charge in [0.2, 0.25) is 11.8 Å². The average molecular weight is 491 g/mol. The van der Waals surface area contributed by atoms with Gasteiger partial charge in [0.05, 0.1) is 19.8 Å². The number of nitrogens with one attached hydrogen (secondary N) is 2. The highest BCUT2D eigenvalue weighted by Crippen LogP contribution is 2.22. The number of carbonyl (C=O) groups is 3. The van der Waals surface area contributed by atoms with Gasteiger partial charge >= 0.3 is 6.03 Å². The van der Waals surface area contributed by atoms with Crippen LogP contribution in [0.15, 0.2) is 78.9 Å². The van der Waals surface area contributed by atoms with Crippen molar-refractivity contribution in [1.82, 2.24) is 5.32 Å². The first kappa shape index (κ1) is 26.2. The van der Waals surface area contributed by atoms with E-state index in [4.69, 9.17) is 4.74 Å². The van der Waals surface area contributed by atoms with Gasteiger partial charge in [-0.05, 0) is 48.9 Å². The van der Waals surface area contributed by atoms with Crippen LogP contribution >= 0.6 is 0 Å². The normalized spacial score (nSPS) is 11.2. The molecule has 1 unspecified atom stereocenters. The molecule has 0 spiro atoms. The third kappa shape index (κ3) is 7.07. The molecule has 0 aliphatic carbocycles. The Hall–Kier alpha value is -4.37. The van der Waals surface area contributed by atoms with Crippen molar-refractivity contribution in [2.75, 3.05) is 42.4 Å². The van der Waals surface area contributed by atoms with E-state index in [1.54, 1.807) is 74.6 Å². The first-order chi connectivity index (χ1) is 17.3. The number of carbonyl (C=O) groups excluding carboxylic acids is 3. The lowest BCUT2D eigenvalue weighted by molar-refractivity contribution is -0.121. The van der Waals surface area contributed by atoms with Crippen molar-refractivity contribution in [1.29, 1.82) is 0 Å². The molecule has 3 aromatic carbocycles. The fourth-order valence-electron chi connectivity index (χ4n) is 3.44. The van der Waals surface area contributed by atoms with Crippen molar-refractivity contribution in [3.8, 4) is 5.75 Å². The molecule has 0 aromatic heterocycles. The van der Waals surface area contributed by atoms with E-state index < -0.39 is 18.0 Å². The van der Waals surface area contributed by atoms with Crippen molar-refractivity contribution < 1.29 is 24.2 Å². The number of ether oxygens (including phenoxy) is 1. The molecule has 3 N–H and O–H groups in total. The van der Waals surface area contributed by atoms with E-state index in [1.807, 2.05) is 18.2 Å². The number of para-hydroxylation sites is 1. The standard InChI is InChI=1S/C27H30N4O5/c1-19(32)20-9-7-10-21(15-20)29-27(35)28-17-25(33)31(23-13-8-14-24(16-23)36-3)18-26(34)30(2)22-11-5-4-6-12-22/h4-16,19,32H,17-18H2,1-3H3,(H2,28,29,35). The third-order valence-corrected chi connectivity index (χ3v) is 5.50. The van der Waals surface area contributed by atoms with Crippen molar-refractivity contribution in [2.24, 2.45) is 0 Å². The van der Waals surface area contributed by atoms with E-state index in [9.17, 15) is 19.5 Å². The van der Waals surface area contributed by atoms with Crippen LogP contribution in [0.1, 0.15) is 18.6 Å². The highest BCUT2D eigenvalue weighted by atomic mass is 16.5. The Balaban J connectivity index is 1.71. The average Bonchev–Trinajstić information content (AvgIpc) is 2.90. The fraction of sp³-hybridized carbons (Fsp3) is 0.222. The van der Waals surface area contributed by atoms with Gasteiger partial charge in [0.1, 0.15) is 12.3 Å². The van der Waals surface area contributed by atoms with Crippen LogP contribution in [0, 0.1) is 0 Å². The van der Waals surface area contributed by atoms with E-state index >= 15 is 0 Å². The number of amides is 4. The van der Waals surface area contributed by atoms with E-state index in [-0.39, 0.29) is 19.0 Å². The molecule has 9 heteroatoms. The van der Waals surface area contributed by atoms with E-state index in [2.05, 4.69) is 10.6 Å². The zero-order valence-electron chi connectivity index (χ0n) is 20.5. The molecular weight excluding hydrogens is 460 g/mol. The zero-order valence-corrected chi connectivity index (χ0v) is 20.5. The van der Waals surface area contributed by atoms with Gasteiger partial charge in [0, 0.05) is 30.2 Å². The van der Waals surface area contributed by atoms with Gasteiger partial charge in [-0.25, -0.2) is 4.79 Å². The molecule has 0 aliphatic heterocycles. The summed E-state index contributed by atoms with van der Waals surface area (Å²) in [7, 11) is 3.15. The second kappa shape index (κ2) is 12.4. The number of benzene rings is 3. The molecular formula is C27H30N4O5. The maximum absolute atomic E-state index is 13.2. The molecule has 0 bridgehead atoms. The first-order valence-corrected chi connectivity index (χ1v) is 11.4. The molecule has 0 heterocycles. The molecule has 3 rings (SSSR count). The molecule has 36 heavy (non-hydrogen) atoms. The number of anilines is 3. The first-order valence-electron chi connectivity index (χ1n) is 11.4. The summed E-state index contributed by atoms with van der Waals surface area (Å²) in [6.07, 6.45) is -0.681. The highest BCUT2D eigenvalue weighted by molar-refractivity contribution is 6.05. The Kier molecular flexibility index (Phi) is 9.01. The molecule has 3 aromatic rings.